The highest BCUT2D eigenvalue weighted by Crippen LogP contribution is 2.14. The maximum Gasteiger partial charge on any atom is 0.0666 e. The highest BCUT2D eigenvalue weighted by atomic mass is 14.2. The normalized spacial score (nSPS) is 12.1. The monoisotopic (exact) mass is 137 g/mol. The molecular weight excluding hydrogens is 122 g/mol. The van der Waals surface area contributed by atoms with Gasteiger partial charge in [0, 0.05) is 0 Å². The van der Waals surface area contributed by atoms with Crippen LogP contribution in [-0.2, 0) is 0 Å². The maximum absolute atomic E-state index is 8.31. The fourth-order valence-corrected chi connectivity index (χ4v) is 0.821. The average Bonchev–Trinajstić information content (AvgIpc) is 1.88. The van der Waals surface area contributed by atoms with Crippen molar-refractivity contribution in [2.45, 2.75) is 33.1 Å². The molecule has 10 heavy (non-hydrogen) atoms. The molecule has 0 fully saturated rings. The zero-order valence-corrected chi connectivity index (χ0v) is 6.85. The lowest BCUT2D eigenvalue weighted by Crippen LogP contribution is -1.93. The van der Waals surface area contributed by atoms with Crippen LogP contribution >= 0.6 is 0 Å². The molecule has 0 aliphatic heterocycles. The second-order valence-electron chi connectivity index (χ2n) is 2.80. The minimum atomic E-state index is 0.518. The molecular formula is C9H15N. The fraction of sp³-hybridized carbons (Fsp3) is 0.667. The van der Waals surface area contributed by atoms with Crippen molar-refractivity contribution < 1.29 is 0 Å². The number of nitrogens with zero attached hydrogens (tertiary/aromatic N) is 1. The van der Waals surface area contributed by atoms with Crippen LogP contribution in [0.25, 0.3) is 0 Å². The van der Waals surface area contributed by atoms with Gasteiger partial charge in [0.1, 0.15) is 0 Å². The van der Waals surface area contributed by atoms with Gasteiger partial charge in [0.2, 0.25) is 0 Å². The third-order valence-corrected chi connectivity index (χ3v) is 1.66. The van der Waals surface area contributed by atoms with Gasteiger partial charge in [-0.05, 0) is 12.3 Å². The number of hydrogen-bond donors (Lipinski definition) is 0. The molecule has 1 nitrogen and oxygen atoms in total. The maximum atomic E-state index is 8.31. The minimum Gasteiger partial charge on any atom is -0.198 e. The molecule has 0 aromatic heterocycles. The molecule has 0 aromatic rings. The standard InChI is InChI=1S/C9H15N/c1-4-8(2)7-9(3)5-6-10/h8H,3-5,7H2,1-2H3. The van der Waals surface area contributed by atoms with E-state index in [4.69, 9.17) is 5.26 Å². The predicted molar refractivity (Wildman–Crippen MR) is 43.4 cm³/mol. The summed E-state index contributed by atoms with van der Waals surface area (Å²) in [5.74, 6) is 0.681. The van der Waals surface area contributed by atoms with Crippen molar-refractivity contribution in [3.8, 4) is 6.07 Å². The van der Waals surface area contributed by atoms with Crippen LogP contribution in [-0.4, -0.2) is 0 Å². The summed E-state index contributed by atoms with van der Waals surface area (Å²) < 4.78 is 0. The molecule has 0 aliphatic rings. The lowest BCUT2D eigenvalue weighted by Gasteiger charge is -2.07. The Morgan fingerprint density at radius 3 is 2.70 bits per heavy atom. The fourth-order valence-electron chi connectivity index (χ4n) is 0.821. The van der Waals surface area contributed by atoms with Crippen LogP contribution < -0.4 is 0 Å². The second-order valence-corrected chi connectivity index (χ2v) is 2.80. The van der Waals surface area contributed by atoms with Gasteiger partial charge in [0.25, 0.3) is 0 Å². The van der Waals surface area contributed by atoms with E-state index < -0.39 is 0 Å². The molecule has 0 amide bonds. The summed E-state index contributed by atoms with van der Waals surface area (Å²) >= 11 is 0. The van der Waals surface area contributed by atoms with Crippen molar-refractivity contribution in [1.82, 2.24) is 0 Å². The van der Waals surface area contributed by atoms with Crippen molar-refractivity contribution in [2.75, 3.05) is 0 Å². The van der Waals surface area contributed by atoms with E-state index in [0.717, 1.165) is 12.0 Å². The number of allylic oxidation sites excluding steroid dienone is 1. The van der Waals surface area contributed by atoms with Gasteiger partial charge < -0.3 is 0 Å². The molecule has 0 radical (unpaired) electrons. The number of rotatable bonds is 4. The van der Waals surface area contributed by atoms with E-state index in [1.54, 1.807) is 0 Å². The lowest BCUT2D eigenvalue weighted by molar-refractivity contribution is 0.554. The van der Waals surface area contributed by atoms with Gasteiger partial charge in [0.15, 0.2) is 0 Å². The van der Waals surface area contributed by atoms with E-state index in [9.17, 15) is 0 Å². The number of nitriles is 1. The van der Waals surface area contributed by atoms with Gasteiger partial charge in [-0.3, -0.25) is 0 Å². The van der Waals surface area contributed by atoms with Crippen LogP contribution in [0.2, 0.25) is 0 Å². The zero-order valence-electron chi connectivity index (χ0n) is 6.85. The Labute approximate surface area is 63.4 Å². The minimum absolute atomic E-state index is 0.518. The Balaban J connectivity index is 3.49. The molecule has 1 unspecified atom stereocenters. The third kappa shape index (κ3) is 4.14. The molecule has 0 rings (SSSR count). The van der Waals surface area contributed by atoms with E-state index in [-0.39, 0.29) is 0 Å². The average molecular weight is 137 g/mol. The van der Waals surface area contributed by atoms with Gasteiger partial charge in [-0.25, -0.2) is 0 Å². The van der Waals surface area contributed by atoms with E-state index >= 15 is 0 Å². The third-order valence-electron chi connectivity index (χ3n) is 1.66. The van der Waals surface area contributed by atoms with Crippen LogP contribution in [0.4, 0.5) is 0 Å². The van der Waals surface area contributed by atoms with Crippen molar-refractivity contribution in [1.29, 1.82) is 5.26 Å². The summed E-state index contributed by atoms with van der Waals surface area (Å²) in [7, 11) is 0. The summed E-state index contributed by atoms with van der Waals surface area (Å²) in [6.07, 6.45) is 2.69. The molecule has 0 heterocycles. The van der Waals surface area contributed by atoms with E-state index in [2.05, 4.69) is 26.5 Å². The largest absolute Gasteiger partial charge is 0.198 e. The van der Waals surface area contributed by atoms with Gasteiger partial charge in [-0.15, -0.1) is 0 Å². The van der Waals surface area contributed by atoms with Crippen molar-refractivity contribution in [3.05, 3.63) is 12.2 Å². The first-order valence-electron chi connectivity index (χ1n) is 3.74. The summed E-state index contributed by atoms with van der Waals surface area (Å²) in [4.78, 5) is 0. The first-order chi connectivity index (χ1) is 4.70. The Kier molecular flexibility index (Phi) is 4.66. The van der Waals surface area contributed by atoms with E-state index in [0.29, 0.717) is 12.3 Å². The molecule has 56 valence electrons. The Hall–Kier alpha value is -0.770. The Bertz CT molecular complexity index is 141. The van der Waals surface area contributed by atoms with Crippen LogP contribution in [0.1, 0.15) is 33.1 Å². The van der Waals surface area contributed by atoms with Crippen molar-refractivity contribution in [2.24, 2.45) is 5.92 Å². The Morgan fingerprint density at radius 1 is 1.70 bits per heavy atom. The van der Waals surface area contributed by atoms with Crippen LogP contribution in [0.5, 0.6) is 0 Å². The van der Waals surface area contributed by atoms with E-state index in [1.165, 1.54) is 6.42 Å². The topological polar surface area (TPSA) is 23.8 Å². The smallest absolute Gasteiger partial charge is 0.0666 e. The van der Waals surface area contributed by atoms with Gasteiger partial charge in [0.05, 0.1) is 12.5 Å². The predicted octanol–water partition coefficient (Wildman–Crippen LogP) is 2.89. The molecule has 0 spiro atoms. The summed E-state index contributed by atoms with van der Waals surface area (Å²) in [6.45, 7) is 8.15. The molecule has 0 aromatic carbocycles. The van der Waals surface area contributed by atoms with Crippen molar-refractivity contribution >= 4 is 0 Å². The molecule has 0 aliphatic carbocycles. The van der Waals surface area contributed by atoms with Gasteiger partial charge in [-0.1, -0.05) is 32.4 Å². The second kappa shape index (κ2) is 5.05. The molecule has 0 saturated carbocycles. The first kappa shape index (κ1) is 9.23. The molecule has 1 atom stereocenters. The lowest BCUT2D eigenvalue weighted by atomic mass is 9.98. The zero-order chi connectivity index (χ0) is 7.98. The van der Waals surface area contributed by atoms with Gasteiger partial charge in [-0.2, -0.15) is 5.26 Å². The van der Waals surface area contributed by atoms with Gasteiger partial charge >= 0.3 is 0 Å². The summed E-state index contributed by atoms with van der Waals surface area (Å²) in [5.41, 5.74) is 1.07. The summed E-state index contributed by atoms with van der Waals surface area (Å²) in [6, 6.07) is 2.10. The molecule has 0 N–H and O–H groups in total. The highest BCUT2D eigenvalue weighted by Gasteiger charge is 2.00. The summed E-state index contributed by atoms with van der Waals surface area (Å²) in [5, 5.41) is 8.31. The van der Waals surface area contributed by atoms with Crippen LogP contribution in [0, 0.1) is 17.2 Å². The van der Waals surface area contributed by atoms with Crippen LogP contribution in [0.15, 0.2) is 12.2 Å². The Morgan fingerprint density at radius 2 is 2.30 bits per heavy atom. The van der Waals surface area contributed by atoms with Crippen LogP contribution in [0.3, 0.4) is 0 Å². The first-order valence-corrected chi connectivity index (χ1v) is 3.74. The highest BCUT2D eigenvalue weighted by molar-refractivity contribution is 5.02. The quantitative estimate of drug-likeness (QED) is 0.546. The SMILES string of the molecule is C=C(CC#N)CC(C)CC. The molecule has 0 saturated heterocycles. The van der Waals surface area contributed by atoms with Crippen molar-refractivity contribution in [3.63, 3.8) is 0 Å². The molecule has 1 heteroatoms. The molecule has 0 bridgehead atoms. The van der Waals surface area contributed by atoms with E-state index in [1.807, 2.05) is 0 Å². The number of hydrogen-bond acceptors (Lipinski definition) is 1.